The number of aromatic nitrogens is 4. The lowest BCUT2D eigenvalue weighted by molar-refractivity contribution is -0.141. The van der Waals surface area contributed by atoms with E-state index in [0.29, 0.717) is 11.6 Å². The van der Waals surface area contributed by atoms with Gasteiger partial charge in [-0.05, 0) is 30.3 Å². The standard InChI is InChI=1S/C17H11F3N4OS/c18-17(19,20)14-8-12(13-6-3-7-25-13)23-16(24-14)26-9-15-21-10-4-1-2-5-11(10)22-15/h1-8H,9H2,(H,21,22). The van der Waals surface area contributed by atoms with Gasteiger partial charge in [0.05, 0.1) is 23.0 Å². The molecule has 0 amide bonds. The lowest BCUT2D eigenvalue weighted by Gasteiger charge is -2.09. The molecule has 0 atom stereocenters. The highest BCUT2D eigenvalue weighted by Crippen LogP contribution is 2.32. The number of H-pyrrole nitrogens is 1. The maximum absolute atomic E-state index is 13.1. The Morgan fingerprint density at radius 3 is 2.62 bits per heavy atom. The van der Waals surface area contributed by atoms with Crippen molar-refractivity contribution in [3.8, 4) is 11.5 Å². The van der Waals surface area contributed by atoms with Gasteiger partial charge in [0.25, 0.3) is 0 Å². The summed E-state index contributed by atoms with van der Waals surface area (Å²) in [6, 6.07) is 11.5. The average Bonchev–Trinajstić information content (AvgIpc) is 3.28. The van der Waals surface area contributed by atoms with Gasteiger partial charge in [-0.15, -0.1) is 0 Å². The third-order valence-corrected chi connectivity index (χ3v) is 4.40. The van der Waals surface area contributed by atoms with Gasteiger partial charge in [0.15, 0.2) is 10.9 Å². The normalized spacial score (nSPS) is 12.0. The quantitative estimate of drug-likeness (QED) is 0.404. The Labute approximate surface area is 149 Å². The van der Waals surface area contributed by atoms with Crippen molar-refractivity contribution in [2.24, 2.45) is 0 Å². The summed E-state index contributed by atoms with van der Waals surface area (Å²) in [4.78, 5) is 15.3. The number of fused-ring (bicyclic) bond motifs is 1. The van der Waals surface area contributed by atoms with Crippen molar-refractivity contribution >= 4 is 22.8 Å². The van der Waals surface area contributed by atoms with Gasteiger partial charge < -0.3 is 9.40 Å². The van der Waals surface area contributed by atoms with E-state index in [2.05, 4.69) is 19.9 Å². The van der Waals surface area contributed by atoms with E-state index in [1.54, 1.807) is 12.1 Å². The molecule has 5 nitrogen and oxygen atoms in total. The smallest absolute Gasteiger partial charge is 0.433 e. The summed E-state index contributed by atoms with van der Waals surface area (Å²) in [5, 5.41) is 0.00619. The second kappa shape index (κ2) is 6.49. The molecule has 132 valence electrons. The first-order valence-corrected chi connectivity index (χ1v) is 8.54. The van der Waals surface area contributed by atoms with Crippen LogP contribution in [0.2, 0.25) is 0 Å². The monoisotopic (exact) mass is 376 g/mol. The van der Waals surface area contributed by atoms with E-state index in [1.165, 1.54) is 6.26 Å². The number of hydrogen-bond donors (Lipinski definition) is 1. The van der Waals surface area contributed by atoms with Gasteiger partial charge in [-0.3, -0.25) is 0 Å². The van der Waals surface area contributed by atoms with Crippen LogP contribution in [0.25, 0.3) is 22.5 Å². The SMILES string of the molecule is FC(F)(F)c1cc(-c2ccco2)nc(SCc2nc3ccccc3[nH]2)n1. The zero-order chi connectivity index (χ0) is 18.1. The number of nitrogens with one attached hydrogen (secondary N) is 1. The summed E-state index contributed by atoms with van der Waals surface area (Å²) in [5.41, 5.74) is 0.740. The molecule has 9 heteroatoms. The number of thioether (sulfide) groups is 1. The topological polar surface area (TPSA) is 67.6 Å². The molecule has 1 aromatic carbocycles. The van der Waals surface area contributed by atoms with Crippen LogP contribution in [0.15, 0.2) is 58.3 Å². The van der Waals surface area contributed by atoms with Gasteiger partial charge in [0.2, 0.25) is 0 Å². The first-order chi connectivity index (χ1) is 12.5. The zero-order valence-corrected chi connectivity index (χ0v) is 13.9. The molecule has 0 fully saturated rings. The van der Waals surface area contributed by atoms with Crippen molar-refractivity contribution in [3.05, 3.63) is 60.2 Å². The summed E-state index contributed by atoms with van der Waals surface area (Å²) >= 11 is 1.07. The zero-order valence-electron chi connectivity index (χ0n) is 13.1. The minimum absolute atomic E-state index is 0.00619. The van der Waals surface area contributed by atoms with Crippen molar-refractivity contribution in [1.82, 2.24) is 19.9 Å². The van der Waals surface area contributed by atoms with Crippen LogP contribution in [-0.4, -0.2) is 19.9 Å². The molecular weight excluding hydrogens is 365 g/mol. The van der Waals surface area contributed by atoms with Gasteiger partial charge in [-0.1, -0.05) is 23.9 Å². The van der Waals surface area contributed by atoms with Gasteiger partial charge >= 0.3 is 6.18 Å². The highest BCUT2D eigenvalue weighted by atomic mass is 32.2. The second-order valence-corrected chi connectivity index (χ2v) is 6.33. The number of alkyl halides is 3. The van der Waals surface area contributed by atoms with Gasteiger partial charge in [0, 0.05) is 0 Å². The summed E-state index contributed by atoms with van der Waals surface area (Å²) in [5.74, 6) is 1.20. The maximum atomic E-state index is 13.1. The Bertz CT molecular complexity index is 1010. The van der Waals surface area contributed by atoms with Gasteiger partial charge in [0.1, 0.15) is 17.2 Å². The van der Waals surface area contributed by atoms with Crippen molar-refractivity contribution < 1.29 is 17.6 Å². The van der Waals surface area contributed by atoms with Crippen molar-refractivity contribution in [3.63, 3.8) is 0 Å². The van der Waals surface area contributed by atoms with Crippen LogP contribution >= 0.6 is 11.8 Å². The number of halogens is 3. The largest absolute Gasteiger partial charge is 0.463 e. The number of furan rings is 1. The minimum Gasteiger partial charge on any atom is -0.463 e. The predicted molar refractivity (Wildman–Crippen MR) is 90.4 cm³/mol. The molecule has 0 aliphatic carbocycles. The molecule has 3 aromatic heterocycles. The van der Waals surface area contributed by atoms with E-state index in [1.807, 2.05) is 24.3 Å². The van der Waals surface area contributed by atoms with E-state index in [9.17, 15) is 13.2 Å². The fraction of sp³-hybridized carbons (Fsp3) is 0.118. The van der Waals surface area contributed by atoms with Crippen LogP contribution in [-0.2, 0) is 11.9 Å². The number of rotatable bonds is 4. The molecule has 0 radical (unpaired) electrons. The number of imidazole rings is 1. The summed E-state index contributed by atoms with van der Waals surface area (Å²) in [7, 11) is 0. The van der Waals surface area contributed by atoms with E-state index in [0.717, 1.165) is 28.9 Å². The number of para-hydroxylation sites is 2. The van der Waals surface area contributed by atoms with Crippen molar-refractivity contribution in [1.29, 1.82) is 0 Å². The number of nitrogens with zero attached hydrogens (tertiary/aromatic N) is 3. The van der Waals surface area contributed by atoms with Gasteiger partial charge in [-0.2, -0.15) is 13.2 Å². The van der Waals surface area contributed by atoms with Crippen LogP contribution < -0.4 is 0 Å². The maximum Gasteiger partial charge on any atom is 0.433 e. The van der Waals surface area contributed by atoms with Crippen LogP contribution in [0.3, 0.4) is 0 Å². The molecule has 0 saturated heterocycles. The van der Waals surface area contributed by atoms with Gasteiger partial charge in [-0.25, -0.2) is 15.0 Å². The molecule has 26 heavy (non-hydrogen) atoms. The van der Waals surface area contributed by atoms with Crippen molar-refractivity contribution in [2.45, 2.75) is 17.1 Å². The molecular formula is C17H11F3N4OS. The molecule has 0 bridgehead atoms. The van der Waals surface area contributed by atoms with E-state index in [-0.39, 0.29) is 16.6 Å². The molecule has 1 N–H and O–H groups in total. The summed E-state index contributed by atoms with van der Waals surface area (Å²) < 4.78 is 44.6. The first kappa shape index (κ1) is 16.6. The Morgan fingerprint density at radius 1 is 1.04 bits per heavy atom. The van der Waals surface area contributed by atoms with E-state index < -0.39 is 11.9 Å². The minimum atomic E-state index is -4.57. The molecule has 0 spiro atoms. The average molecular weight is 376 g/mol. The Balaban J connectivity index is 1.63. The summed E-state index contributed by atoms with van der Waals surface area (Å²) in [6.07, 6.45) is -3.19. The van der Waals surface area contributed by atoms with Crippen LogP contribution in [0, 0.1) is 0 Å². The number of aromatic amines is 1. The highest BCUT2D eigenvalue weighted by Gasteiger charge is 2.34. The molecule has 0 saturated carbocycles. The third kappa shape index (κ3) is 3.43. The number of benzene rings is 1. The molecule has 3 heterocycles. The molecule has 0 aliphatic rings. The lowest BCUT2D eigenvalue weighted by Crippen LogP contribution is -2.10. The third-order valence-electron chi connectivity index (χ3n) is 3.55. The summed E-state index contributed by atoms with van der Waals surface area (Å²) in [6.45, 7) is 0. The van der Waals surface area contributed by atoms with Crippen molar-refractivity contribution in [2.75, 3.05) is 0 Å². The van der Waals surface area contributed by atoms with E-state index >= 15 is 0 Å². The fourth-order valence-electron chi connectivity index (χ4n) is 2.39. The van der Waals surface area contributed by atoms with Crippen LogP contribution in [0.4, 0.5) is 13.2 Å². The second-order valence-electron chi connectivity index (χ2n) is 5.39. The first-order valence-electron chi connectivity index (χ1n) is 7.55. The highest BCUT2D eigenvalue weighted by molar-refractivity contribution is 7.98. The molecule has 0 unspecified atom stereocenters. The predicted octanol–water partition coefficient (Wildman–Crippen LogP) is 4.92. The van der Waals surface area contributed by atoms with E-state index in [4.69, 9.17) is 4.42 Å². The Hall–Kier alpha value is -2.81. The Morgan fingerprint density at radius 2 is 1.88 bits per heavy atom. The lowest BCUT2D eigenvalue weighted by atomic mass is 10.2. The number of hydrogen-bond acceptors (Lipinski definition) is 5. The Kier molecular flexibility index (Phi) is 4.15. The molecule has 0 aliphatic heterocycles. The van der Waals surface area contributed by atoms with Crippen LogP contribution in [0.5, 0.6) is 0 Å². The molecule has 4 aromatic rings. The van der Waals surface area contributed by atoms with Crippen LogP contribution in [0.1, 0.15) is 11.5 Å². The fourth-order valence-corrected chi connectivity index (χ4v) is 3.12. The molecule has 4 rings (SSSR count).